The molecule has 0 spiro atoms. The van der Waals surface area contributed by atoms with E-state index in [1.807, 2.05) is 6.92 Å². The van der Waals surface area contributed by atoms with Crippen molar-refractivity contribution in [3.8, 4) is 0 Å². The van der Waals surface area contributed by atoms with Crippen molar-refractivity contribution in [2.75, 3.05) is 0 Å². The highest BCUT2D eigenvalue weighted by molar-refractivity contribution is 6.33. The van der Waals surface area contributed by atoms with E-state index in [9.17, 15) is 4.79 Å². The number of rotatable bonds is 3. The Bertz CT molecular complexity index is 581. The van der Waals surface area contributed by atoms with E-state index in [2.05, 4.69) is 20.3 Å². The number of aryl methyl sites for hydroxylation is 1. The molecular weight excluding hydrogens is 287 g/mol. The predicted octanol–water partition coefficient (Wildman–Crippen LogP) is 2.42. The van der Waals surface area contributed by atoms with Crippen molar-refractivity contribution in [2.45, 2.75) is 13.5 Å². The first-order valence-corrected chi connectivity index (χ1v) is 6.19. The van der Waals surface area contributed by atoms with Crippen molar-refractivity contribution in [1.29, 1.82) is 0 Å². The summed E-state index contributed by atoms with van der Waals surface area (Å²) in [6.45, 7) is 2.13. The van der Waals surface area contributed by atoms with Gasteiger partial charge in [-0.1, -0.05) is 23.2 Å². The second-order valence-electron chi connectivity index (χ2n) is 3.83. The lowest BCUT2D eigenvalue weighted by atomic mass is 10.2. The van der Waals surface area contributed by atoms with E-state index in [-0.39, 0.29) is 22.8 Å². The molecule has 1 N–H and O–H groups in total. The van der Waals surface area contributed by atoms with Gasteiger partial charge in [-0.2, -0.15) is 0 Å². The third-order valence-corrected chi connectivity index (χ3v) is 2.68. The Kier molecular flexibility index (Phi) is 4.29. The van der Waals surface area contributed by atoms with Crippen molar-refractivity contribution in [1.82, 2.24) is 20.3 Å². The number of amides is 1. The molecule has 98 valence electrons. The molecule has 0 fully saturated rings. The number of nitrogens with one attached hydrogen (secondary N) is 1. The number of hydrogen-bond acceptors (Lipinski definition) is 4. The Morgan fingerprint density at radius 3 is 2.47 bits per heavy atom. The Hall–Kier alpha value is -1.72. The topological polar surface area (TPSA) is 67.8 Å². The standard InChI is InChI=1S/C12H10Cl2N4O/c1-7-4-16-9(5-15-7)6-17-12(19)8-2-10(13)18-11(14)3-8/h2-5H,6H2,1H3,(H,17,19). The molecule has 0 aliphatic rings. The lowest BCUT2D eigenvalue weighted by Crippen LogP contribution is -2.23. The van der Waals surface area contributed by atoms with E-state index in [4.69, 9.17) is 23.2 Å². The number of halogens is 2. The molecular formula is C12H10Cl2N4O. The molecule has 19 heavy (non-hydrogen) atoms. The summed E-state index contributed by atoms with van der Waals surface area (Å²) in [6, 6.07) is 2.90. The minimum absolute atomic E-state index is 0.174. The molecule has 7 heteroatoms. The molecule has 0 radical (unpaired) electrons. The average Bonchev–Trinajstić information content (AvgIpc) is 2.36. The van der Waals surface area contributed by atoms with Crippen LogP contribution in [0.4, 0.5) is 0 Å². The fourth-order valence-electron chi connectivity index (χ4n) is 1.38. The normalized spacial score (nSPS) is 10.3. The molecule has 0 saturated heterocycles. The smallest absolute Gasteiger partial charge is 0.251 e. The first kappa shape index (κ1) is 13.7. The summed E-state index contributed by atoms with van der Waals surface area (Å²) in [5.41, 5.74) is 1.85. The van der Waals surface area contributed by atoms with Crippen molar-refractivity contribution in [2.24, 2.45) is 0 Å². The number of nitrogens with zero attached hydrogens (tertiary/aromatic N) is 3. The maximum atomic E-state index is 11.9. The Morgan fingerprint density at radius 2 is 1.89 bits per heavy atom. The van der Waals surface area contributed by atoms with E-state index in [1.54, 1.807) is 12.4 Å². The van der Waals surface area contributed by atoms with Gasteiger partial charge in [0.25, 0.3) is 5.91 Å². The fraction of sp³-hybridized carbons (Fsp3) is 0.167. The van der Waals surface area contributed by atoms with Gasteiger partial charge in [-0.15, -0.1) is 0 Å². The van der Waals surface area contributed by atoms with Crippen LogP contribution in [-0.2, 0) is 6.54 Å². The monoisotopic (exact) mass is 296 g/mol. The summed E-state index contributed by atoms with van der Waals surface area (Å²) >= 11 is 11.5. The molecule has 5 nitrogen and oxygen atoms in total. The molecule has 0 bridgehead atoms. The SMILES string of the molecule is Cc1cnc(CNC(=O)c2cc(Cl)nc(Cl)c2)cn1. The molecule has 0 unspecified atom stereocenters. The summed E-state index contributed by atoms with van der Waals surface area (Å²) in [6.07, 6.45) is 3.25. The molecule has 0 saturated carbocycles. The van der Waals surface area contributed by atoms with Crippen molar-refractivity contribution in [3.05, 3.63) is 51.8 Å². The number of carbonyl (C=O) groups is 1. The van der Waals surface area contributed by atoms with Crippen LogP contribution in [0.2, 0.25) is 10.3 Å². The Labute approximate surface area is 120 Å². The van der Waals surface area contributed by atoms with Crippen molar-refractivity contribution >= 4 is 29.1 Å². The third-order valence-electron chi connectivity index (χ3n) is 2.29. The summed E-state index contributed by atoms with van der Waals surface area (Å²) in [7, 11) is 0. The van der Waals surface area contributed by atoms with Gasteiger partial charge in [0.05, 0.1) is 24.1 Å². The van der Waals surface area contributed by atoms with E-state index >= 15 is 0 Å². The van der Waals surface area contributed by atoms with Crippen LogP contribution >= 0.6 is 23.2 Å². The highest BCUT2D eigenvalue weighted by Gasteiger charge is 2.08. The van der Waals surface area contributed by atoms with Gasteiger partial charge in [0.2, 0.25) is 0 Å². The van der Waals surface area contributed by atoms with Gasteiger partial charge in [0, 0.05) is 11.8 Å². The van der Waals surface area contributed by atoms with Crippen LogP contribution in [0, 0.1) is 6.92 Å². The minimum atomic E-state index is -0.298. The zero-order valence-electron chi connectivity index (χ0n) is 10.0. The quantitative estimate of drug-likeness (QED) is 0.883. The van der Waals surface area contributed by atoms with E-state index in [0.717, 1.165) is 5.69 Å². The highest BCUT2D eigenvalue weighted by atomic mass is 35.5. The second kappa shape index (κ2) is 5.95. The largest absolute Gasteiger partial charge is 0.346 e. The molecule has 2 rings (SSSR count). The minimum Gasteiger partial charge on any atom is -0.346 e. The lowest BCUT2D eigenvalue weighted by molar-refractivity contribution is 0.0950. The number of aromatic nitrogens is 3. The maximum Gasteiger partial charge on any atom is 0.251 e. The predicted molar refractivity (Wildman–Crippen MR) is 72.2 cm³/mol. The lowest BCUT2D eigenvalue weighted by Gasteiger charge is -2.05. The first-order valence-electron chi connectivity index (χ1n) is 5.43. The first-order chi connectivity index (χ1) is 9.04. The third kappa shape index (κ3) is 3.87. The molecule has 2 aromatic heterocycles. The second-order valence-corrected chi connectivity index (χ2v) is 4.61. The number of carbonyl (C=O) groups excluding carboxylic acids is 1. The zero-order chi connectivity index (χ0) is 13.8. The van der Waals surface area contributed by atoms with Gasteiger partial charge in [0.15, 0.2) is 0 Å². The average molecular weight is 297 g/mol. The van der Waals surface area contributed by atoms with Crippen LogP contribution in [-0.4, -0.2) is 20.9 Å². The van der Waals surface area contributed by atoms with Crippen LogP contribution in [0.1, 0.15) is 21.7 Å². The Balaban J connectivity index is 2.03. The maximum absolute atomic E-state index is 11.9. The molecule has 0 atom stereocenters. The molecule has 1 amide bonds. The van der Waals surface area contributed by atoms with E-state index in [1.165, 1.54) is 12.1 Å². The molecule has 2 heterocycles. The summed E-state index contributed by atoms with van der Waals surface area (Å²) in [5.74, 6) is -0.298. The highest BCUT2D eigenvalue weighted by Crippen LogP contribution is 2.14. The molecule has 0 aliphatic carbocycles. The summed E-state index contributed by atoms with van der Waals surface area (Å²) < 4.78 is 0. The molecule has 2 aromatic rings. The van der Waals surface area contributed by atoms with Crippen molar-refractivity contribution < 1.29 is 4.79 Å². The van der Waals surface area contributed by atoms with Gasteiger partial charge >= 0.3 is 0 Å². The van der Waals surface area contributed by atoms with Crippen LogP contribution in [0.5, 0.6) is 0 Å². The van der Waals surface area contributed by atoms with Gasteiger partial charge in [0.1, 0.15) is 10.3 Å². The van der Waals surface area contributed by atoms with Crippen LogP contribution in [0.3, 0.4) is 0 Å². The van der Waals surface area contributed by atoms with E-state index in [0.29, 0.717) is 11.3 Å². The Morgan fingerprint density at radius 1 is 1.21 bits per heavy atom. The number of pyridine rings is 1. The van der Waals surface area contributed by atoms with Gasteiger partial charge < -0.3 is 5.32 Å². The fourth-order valence-corrected chi connectivity index (χ4v) is 1.84. The van der Waals surface area contributed by atoms with Crippen LogP contribution in [0.15, 0.2) is 24.5 Å². The number of hydrogen-bond donors (Lipinski definition) is 1. The van der Waals surface area contributed by atoms with Gasteiger partial charge in [-0.3, -0.25) is 14.8 Å². The zero-order valence-corrected chi connectivity index (χ0v) is 11.5. The summed E-state index contributed by atoms with van der Waals surface area (Å²) in [4.78, 5) is 23.9. The summed E-state index contributed by atoms with van der Waals surface area (Å²) in [5, 5.41) is 3.05. The van der Waals surface area contributed by atoms with Crippen LogP contribution < -0.4 is 5.32 Å². The van der Waals surface area contributed by atoms with Crippen LogP contribution in [0.25, 0.3) is 0 Å². The van der Waals surface area contributed by atoms with E-state index < -0.39 is 0 Å². The molecule has 0 aromatic carbocycles. The van der Waals surface area contributed by atoms with Gasteiger partial charge in [-0.25, -0.2) is 4.98 Å². The van der Waals surface area contributed by atoms with Crippen molar-refractivity contribution in [3.63, 3.8) is 0 Å². The molecule has 0 aliphatic heterocycles. The van der Waals surface area contributed by atoms with Gasteiger partial charge in [-0.05, 0) is 19.1 Å².